The second-order valence-corrected chi connectivity index (χ2v) is 8.25. The molecule has 0 aliphatic carbocycles. The molecule has 0 saturated carbocycles. The van der Waals surface area contributed by atoms with Crippen molar-refractivity contribution in [2.45, 2.75) is 32.4 Å². The summed E-state index contributed by atoms with van der Waals surface area (Å²) in [5.41, 5.74) is 3.81. The zero-order chi connectivity index (χ0) is 19.9. The highest BCUT2D eigenvalue weighted by atomic mass is 16.2. The van der Waals surface area contributed by atoms with Crippen LogP contribution in [0.15, 0.2) is 54.6 Å². The van der Waals surface area contributed by atoms with E-state index in [0.717, 1.165) is 32.6 Å². The van der Waals surface area contributed by atoms with E-state index in [1.165, 1.54) is 42.7 Å². The van der Waals surface area contributed by atoms with Crippen molar-refractivity contribution >= 4 is 11.7 Å². The van der Waals surface area contributed by atoms with Gasteiger partial charge in [0.2, 0.25) is 0 Å². The summed E-state index contributed by atoms with van der Waals surface area (Å²) in [5, 5.41) is 6.12. The summed E-state index contributed by atoms with van der Waals surface area (Å²) in [4.78, 5) is 17.2. The molecule has 2 fully saturated rings. The number of hydrogen-bond donors (Lipinski definition) is 2. The molecule has 2 aliphatic heterocycles. The largest absolute Gasteiger partial charge is 0.371 e. The molecule has 29 heavy (non-hydrogen) atoms. The van der Waals surface area contributed by atoms with Crippen LogP contribution >= 0.6 is 0 Å². The van der Waals surface area contributed by atoms with Gasteiger partial charge in [0.15, 0.2) is 0 Å². The van der Waals surface area contributed by atoms with Gasteiger partial charge in [-0.25, -0.2) is 4.79 Å². The molecule has 0 spiro atoms. The van der Waals surface area contributed by atoms with Crippen molar-refractivity contribution in [2.24, 2.45) is 5.92 Å². The molecular weight excluding hydrogens is 360 g/mol. The van der Waals surface area contributed by atoms with E-state index in [1.54, 1.807) is 0 Å². The quantitative estimate of drug-likeness (QED) is 0.757. The molecule has 4 rings (SSSR count). The average Bonchev–Trinajstić information content (AvgIpc) is 3.44. The number of urea groups is 1. The molecule has 5 heteroatoms. The number of hydrogen-bond acceptors (Lipinski definition) is 3. The summed E-state index contributed by atoms with van der Waals surface area (Å²) in [7, 11) is 0. The Bertz CT molecular complexity index is 788. The summed E-state index contributed by atoms with van der Waals surface area (Å²) in [5.74, 6) is 0.503. The first-order valence-corrected chi connectivity index (χ1v) is 10.9. The monoisotopic (exact) mass is 392 g/mol. The third-order valence-corrected chi connectivity index (χ3v) is 6.11. The highest BCUT2D eigenvalue weighted by Gasteiger charge is 2.23. The molecule has 2 aromatic carbocycles. The molecular formula is C24H32N4O. The minimum Gasteiger partial charge on any atom is -0.371 e. The number of carbonyl (C=O) groups is 1. The number of nitrogens with one attached hydrogen (secondary N) is 2. The van der Waals surface area contributed by atoms with Crippen molar-refractivity contribution in [1.29, 1.82) is 0 Å². The van der Waals surface area contributed by atoms with E-state index in [1.807, 2.05) is 6.07 Å². The van der Waals surface area contributed by atoms with Gasteiger partial charge in [-0.2, -0.15) is 0 Å². The number of amides is 2. The molecule has 0 aromatic heterocycles. The van der Waals surface area contributed by atoms with Gasteiger partial charge in [0.25, 0.3) is 0 Å². The van der Waals surface area contributed by atoms with Crippen molar-refractivity contribution in [3.63, 3.8) is 0 Å². The predicted molar refractivity (Wildman–Crippen MR) is 118 cm³/mol. The molecule has 0 unspecified atom stereocenters. The summed E-state index contributed by atoms with van der Waals surface area (Å²) < 4.78 is 0. The van der Waals surface area contributed by atoms with Gasteiger partial charge < -0.3 is 15.5 Å². The van der Waals surface area contributed by atoms with Gasteiger partial charge in [0, 0.05) is 38.4 Å². The van der Waals surface area contributed by atoms with Crippen LogP contribution in [0.2, 0.25) is 0 Å². The minimum absolute atomic E-state index is 0.0702. The maximum absolute atomic E-state index is 12.3. The molecule has 1 atom stereocenters. The molecule has 154 valence electrons. The maximum atomic E-state index is 12.3. The lowest BCUT2D eigenvalue weighted by molar-refractivity contribution is 0.239. The summed E-state index contributed by atoms with van der Waals surface area (Å²) in [6, 6.07) is 18.9. The number of benzene rings is 2. The van der Waals surface area contributed by atoms with Crippen LogP contribution in [0.5, 0.6) is 0 Å². The highest BCUT2D eigenvalue weighted by Crippen LogP contribution is 2.23. The van der Waals surface area contributed by atoms with Crippen LogP contribution < -0.4 is 15.5 Å². The Morgan fingerprint density at radius 2 is 1.62 bits per heavy atom. The molecule has 5 nitrogen and oxygen atoms in total. The number of para-hydroxylation sites is 1. The summed E-state index contributed by atoms with van der Waals surface area (Å²) in [6.45, 7) is 6.72. The normalized spacial score (nSPS) is 19.4. The first-order chi connectivity index (χ1) is 14.3. The Labute approximate surface area is 174 Å². The van der Waals surface area contributed by atoms with Crippen molar-refractivity contribution in [2.75, 3.05) is 37.6 Å². The number of rotatable bonds is 7. The van der Waals surface area contributed by atoms with Gasteiger partial charge in [-0.3, -0.25) is 4.90 Å². The highest BCUT2D eigenvalue weighted by molar-refractivity contribution is 5.73. The van der Waals surface area contributed by atoms with E-state index >= 15 is 0 Å². The van der Waals surface area contributed by atoms with Crippen molar-refractivity contribution in [3.8, 4) is 0 Å². The zero-order valence-corrected chi connectivity index (χ0v) is 17.1. The molecule has 2 aromatic rings. The molecule has 2 aliphatic rings. The van der Waals surface area contributed by atoms with Gasteiger partial charge in [-0.15, -0.1) is 0 Å². The van der Waals surface area contributed by atoms with Gasteiger partial charge in [-0.1, -0.05) is 42.5 Å². The van der Waals surface area contributed by atoms with E-state index in [9.17, 15) is 4.79 Å². The van der Waals surface area contributed by atoms with Crippen LogP contribution in [0.25, 0.3) is 0 Å². The van der Waals surface area contributed by atoms with Crippen LogP contribution in [0.1, 0.15) is 30.4 Å². The fraction of sp³-hybridized carbons (Fsp3) is 0.458. The lowest BCUT2D eigenvalue weighted by Crippen LogP contribution is -2.38. The second-order valence-electron chi connectivity index (χ2n) is 8.25. The second kappa shape index (κ2) is 9.79. The lowest BCUT2D eigenvalue weighted by Gasteiger charge is -2.19. The third kappa shape index (κ3) is 5.51. The van der Waals surface area contributed by atoms with Crippen LogP contribution in [-0.2, 0) is 13.1 Å². The van der Waals surface area contributed by atoms with Gasteiger partial charge in [0.05, 0.1) is 0 Å². The van der Waals surface area contributed by atoms with Crippen molar-refractivity contribution < 1.29 is 4.79 Å². The van der Waals surface area contributed by atoms with Gasteiger partial charge >= 0.3 is 6.03 Å². The first kappa shape index (κ1) is 19.8. The van der Waals surface area contributed by atoms with Crippen LogP contribution in [-0.4, -0.2) is 43.7 Å². The molecule has 0 bridgehead atoms. The Hall–Kier alpha value is -2.53. The molecule has 2 heterocycles. The van der Waals surface area contributed by atoms with Gasteiger partial charge in [-0.05, 0) is 61.5 Å². The van der Waals surface area contributed by atoms with E-state index in [2.05, 4.69) is 69.0 Å². The molecule has 0 radical (unpaired) electrons. The predicted octanol–water partition coefficient (Wildman–Crippen LogP) is 3.61. The first-order valence-electron chi connectivity index (χ1n) is 10.9. The average molecular weight is 393 g/mol. The number of nitrogens with zero attached hydrogens (tertiary/aromatic N) is 2. The Balaban J connectivity index is 1.21. The smallest absolute Gasteiger partial charge is 0.315 e. The van der Waals surface area contributed by atoms with Crippen LogP contribution in [0.4, 0.5) is 10.5 Å². The topological polar surface area (TPSA) is 47.6 Å². The fourth-order valence-electron chi connectivity index (χ4n) is 4.41. The minimum atomic E-state index is -0.0702. The summed E-state index contributed by atoms with van der Waals surface area (Å²) in [6.07, 6.45) is 3.71. The van der Waals surface area contributed by atoms with Crippen molar-refractivity contribution in [1.82, 2.24) is 15.5 Å². The van der Waals surface area contributed by atoms with E-state index in [-0.39, 0.29) is 6.03 Å². The van der Waals surface area contributed by atoms with E-state index in [4.69, 9.17) is 0 Å². The van der Waals surface area contributed by atoms with Gasteiger partial charge in [0.1, 0.15) is 0 Å². The number of anilines is 1. The number of likely N-dealkylation sites (tertiary alicyclic amines) is 1. The molecule has 2 amide bonds. The van der Waals surface area contributed by atoms with Crippen LogP contribution in [0, 0.1) is 5.92 Å². The van der Waals surface area contributed by atoms with Crippen molar-refractivity contribution in [3.05, 3.63) is 65.7 Å². The maximum Gasteiger partial charge on any atom is 0.315 e. The van der Waals surface area contributed by atoms with Crippen LogP contribution in [0.3, 0.4) is 0 Å². The van der Waals surface area contributed by atoms with E-state index < -0.39 is 0 Å². The fourth-order valence-corrected chi connectivity index (χ4v) is 4.41. The molecule has 2 N–H and O–H groups in total. The molecule has 2 saturated heterocycles. The number of carbonyl (C=O) groups excluding carboxylic acids is 1. The standard InChI is InChI=1S/C24H32N4O/c29-24(25-16-20-12-15-28(18-20)23-10-2-1-3-11-23)26-17-21-8-4-5-9-22(21)19-27-13-6-7-14-27/h1-5,8-11,20H,6-7,12-19H2,(H2,25,26,29)/t20-/m1/s1. The SMILES string of the molecule is O=C(NCc1ccccc1CN1CCCC1)NC[C@H]1CCN(c2ccccc2)C1. The Morgan fingerprint density at radius 1 is 0.897 bits per heavy atom. The Morgan fingerprint density at radius 3 is 2.41 bits per heavy atom. The van der Waals surface area contributed by atoms with E-state index in [0.29, 0.717) is 12.5 Å². The lowest BCUT2D eigenvalue weighted by atomic mass is 10.1. The summed E-state index contributed by atoms with van der Waals surface area (Å²) >= 11 is 0. The Kier molecular flexibility index (Phi) is 6.67. The zero-order valence-electron chi connectivity index (χ0n) is 17.1. The third-order valence-electron chi connectivity index (χ3n) is 6.11.